The number of aromatic nitrogens is 1. The molecular formula is C73H50N2. The summed E-state index contributed by atoms with van der Waals surface area (Å²) in [6.07, 6.45) is 0. The van der Waals surface area contributed by atoms with E-state index in [2.05, 4.69) is 313 Å². The van der Waals surface area contributed by atoms with Gasteiger partial charge in [0.1, 0.15) is 0 Å². The number of benzene rings is 12. The Labute approximate surface area is 438 Å². The lowest BCUT2D eigenvalue weighted by Crippen LogP contribution is -2.28. The average Bonchev–Trinajstić information content (AvgIpc) is 4.07. The van der Waals surface area contributed by atoms with Crippen molar-refractivity contribution in [1.29, 1.82) is 0 Å². The molecule has 1 heterocycles. The second-order valence-electron chi connectivity index (χ2n) is 19.6. The molecule has 0 saturated carbocycles. The lowest BCUT2D eigenvalue weighted by molar-refractivity contribution is 0.768. The van der Waals surface area contributed by atoms with Crippen LogP contribution in [0, 0.1) is 0 Å². The van der Waals surface area contributed by atoms with Gasteiger partial charge in [0.25, 0.3) is 0 Å². The molecule has 0 bridgehead atoms. The van der Waals surface area contributed by atoms with Gasteiger partial charge in [-0.25, -0.2) is 0 Å². The summed E-state index contributed by atoms with van der Waals surface area (Å²) in [7, 11) is 0. The molecule has 1 aliphatic carbocycles. The molecule has 12 aromatic carbocycles. The van der Waals surface area contributed by atoms with E-state index in [0.717, 1.165) is 28.3 Å². The molecule has 0 spiro atoms. The van der Waals surface area contributed by atoms with Crippen LogP contribution in [0.4, 0.5) is 17.1 Å². The normalized spacial score (nSPS) is 12.4. The van der Waals surface area contributed by atoms with Crippen molar-refractivity contribution < 1.29 is 0 Å². The van der Waals surface area contributed by atoms with Gasteiger partial charge in [-0.05, 0) is 151 Å². The second kappa shape index (κ2) is 18.4. The maximum atomic E-state index is 2.41. The fourth-order valence-electron chi connectivity index (χ4n) is 12.0. The standard InChI is InChI=1S/C73H50N2/c1-5-17-51(18-6-1)53-31-41-62(42-32-53)74(63-43-33-54(34-44-63)52-19-7-2-8-20-52)64-45-35-56(36-46-64)58-38-48-72-68(50-58)67-49-57(37-47-71(67)75(72)61-23-11-4-12-24-61)55-29-39-60(40-30-55)73(59-21-9-3-10-22-59)69-27-15-13-25-65(69)66-26-14-16-28-70(66)73/h1-50H. The second-order valence-corrected chi connectivity index (χ2v) is 19.6. The van der Waals surface area contributed by atoms with Gasteiger partial charge in [0.2, 0.25) is 0 Å². The number of nitrogens with zero attached hydrogens (tertiary/aromatic N) is 2. The Kier molecular flexibility index (Phi) is 10.8. The molecule has 14 rings (SSSR count). The van der Waals surface area contributed by atoms with Crippen LogP contribution in [-0.2, 0) is 5.41 Å². The number of rotatable bonds is 10. The number of anilines is 3. The molecule has 13 aromatic rings. The molecule has 2 nitrogen and oxygen atoms in total. The summed E-state index contributed by atoms with van der Waals surface area (Å²) in [6.45, 7) is 0. The van der Waals surface area contributed by atoms with Gasteiger partial charge in [-0.3, -0.25) is 0 Å². The van der Waals surface area contributed by atoms with E-state index in [4.69, 9.17) is 0 Å². The summed E-state index contributed by atoms with van der Waals surface area (Å²) in [5.74, 6) is 0. The zero-order chi connectivity index (χ0) is 49.7. The molecule has 0 atom stereocenters. The van der Waals surface area contributed by atoms with E-state index in [9.17, 15) is 0 Å². The predicted molar refractivity (Wildman–Crippen MR) is 315 cm³/mol. The lowest BCUT2D eigenvalue weighted by atomic mass is 9.67. The molecule has 75 heavy (non-hydrogen) atoms. The van der Waals surface area contributed by atoms with Crippen LogP contribution in [0.3, 0.4) is 0 Å². The minimum atomic E-state index is -0.435. The van der Waals surface area contributed by atoms with Crippen molar-refractivity contribution in [2.75, 3.05) is 4.90 Å². The van der Waals surface area contributed by atoms with Crippen molar-refractivity contribution in [3.8, 4) is 61.3 Å². The molecule has 0 radical (unpaired) electrons. The summed E-state index contributed by atoms with van der Waals surface area (Å²) in [6, 6.07) is 111. The van der Waals surface area contributed by atoms with Crippen LogP contribution in [0.1, 0.15) is 22.3 Å². The summed E-state index contributed by atoms with van der Waals surface area (Å²) < 4.78 is 2.41. The van der Waals surface area contributed by atoms with Crippen molar-refractivity contribution in [3.05, 3.63) is 326 Å². The highest BCUT2D eigenvalue weighted by Gasteiger charge is 2.45. The van der Waals surface area contributed by atoms with Gasteiger partial charge in [0.05, 0.1) is 16.4 Å². The summed E-state index contributed by atoms with van der Waals surface area (Å²) >= 11 is 0. The van der Waals surface area contributed by atoms with E-state index in [-0.39, 0.29) is 0 Å². The van der Waals surface area contributed by atoms with Crippen LogP contribution in [0.5, 0.6) is 0 Å². The van der Waals surface area contributed by atoms with Gasteiger partial charge in [0.15, 0.2) is 0 Å². The van der Waals surface area contributed by atoms with Crippen LogP contribution in [0.15, 0.2) is 303 Å². The SMILES string of the molecule is c1ccc(-c2ccc(N(c3ccc(-c4ccccc4)cc3)c3ccc(-c4ccc5c(c4)c4cc(-c6ccc(C7(c8ccccc8)c8ccccc8-c8ccccc87)cc6)ccc4n5-c4ccccc4)cc3)cc2)cc1. The first kappa shape index (κ1) is 44.0. The summed E-state index contributed by atoms with van der Waals surface area (Å²) in [4.78, 5) is 2.35. The van der Waals surface area contributed by atoms with Crippen molar-refractivity contribution >= 4 is 38.9 Å². The monoisotopic (exact) mass is 954 g/mol. The van der Waals surface area contributed by atoms with Gasteiger partial charge < -0.3 is 9.47 Å². The van der Waals surface area contributed by atoms with E-state index >= 15 is 0 Å². The zero-order valence-corrected chi connectivity index (χ0v) is 41.3. The quantitative estimate of drug-likeness (QED) is 0.133. The Morgan fingerprint density at radius 3 is 1.01 bits per heavy atom. The van der Waals surface area contributed by atoms with E-state index in [0.29, 0.717) is 0 Å². The van der Waals surface area contributed by atoms with E-state index < -0.39 is 5.41 Å². The largest absolute Gasteiger partial charge is 0.311 e. The maximum Gasteiger partial charge on any atom is 0.0713 e. The van der Waals surface area contributed by atoms with Crippen LogP contribution in [0.2, 0.25) is 0 Å². The van der Waals surface area contributed by atoms with Gasteiger partial charge in [0, 0.05) is 33.5 Å². The molecule has 1 aromatic heterocycles. The van der Waals surface area contributed by atoms with Crippen LogP contribution in [0.25, 0.3) is 83.1 Å². The van der Waals surface area contributed by atoms with Gasteiger partial charge in [-0.1, -0.05) is 231 Å². The van der Waals surface area contributed by atoms with Crippen molar-refractivity contribution in [2.24, 2.45) is 0 Å². The first-order valence-corrected chi connectivity index (χ1v) is 25.9. The molecule has 0 N–H and O–H groups in total. The lowest BCUT2D eigenvalue weighted by Gasteiger charge is -2.34. The molecule has 0 saturated heterocycles. The van der Waals surface area contributed by atoms with Gasteiger partial charge >= 0.3 is 0 Å². The molecule has 0 unspecified atom stereocenters. The van der Waals surface area contributed by atoms with E-state index in [1.165, 1.54) is 94.1 Å². The van der Waals surface area contributed by atoms with Gasteiger partial charge in [-0.2, -0.15) is 0 Å². The summed E-state index contributed by atoms with van der Waals surface area (Å²) in [5, 5.41) is 2.44. The highest BCUT2D eigenvalue weighted by molar-refractivity contribution is 6.11. The Morgan fingerprint density at radius 1 is 0.253 bits per heavy atom. The number of para-hydroxylation sites is 1. The third-order valence-electron chi connectivity index (χ3n) is 15.5. The Balaban J connectivity index is 0.849. The van der Waals surface area contributed by atoms with Crippen LogP contribution >= 0.6 is 0 Å². The molecule has 2 heteroatoms. The third kappa shape index (κ3) is 7.49. The zero-order valence-electron chi connectivity index (χ0n) is 41.3. The molecule has 1 aliphatic rings. The number of fused-ring (bicyclic) bond motifs is 6. The smallest absolute Gasteiger partial charge is 0.0713 e. The fourth-order valence-corrected chi connectivity index (χ4v) is 12.0. The third-order valence-corrected chi connectivity index (χ3v) is 15.5. The molecule has 0 aliphatic heterocycles. The topological polar surface area (TPSA) is 8.17 Å². The molecule has 0 fully saturated rings. The highest BCUT2D eigenvalue weighted by Crippen LogP contribution is 2.56. The van der Waals surface area contributed by atoms with Crippen molar-refractivity contribution in [3.63, 3.8) is 0 Å². The minimum Gasteiger partial charge on any atom is -0.311 e. The van der Waals surface area contributed by atoms with Crippen LogP contribution < -0.4 is 4.90 Å². The number of hydrogen-bond donors (Lipinski definition) is 0. The van der Waals surface area contributed by atoms with E-state index in [1.54, 1.807) is 0 Å². The Hall–Kier alpha value is -9.76. The van der Waals surface area contributed by atoms with Crippen molar-refractivity contribution in [2.45, 2.75) is 5.41 Å². The predicted octanol–water partition coefficient (Wildman–Crippen LogP) is 19.3. The fraction of sp³-hybridized carbons (Fsp3) is 0.0137. The summed E-state index contributed by atoms with van der Waals surface area (Å²) in [5.41, 5.74) is 23.6. The Bertz CT molecular complexity index is 4030. The maximum absolute atomic E-state index is 2.41. The Morgan fingerprint density at radius 2 is 0.573 bits per heavy atom. The highest BCUT2D eigenvalue weighted by atomic mass is 15.1. The van der Waals surface area contributed by atoms with Crippen LogP contribution in [-0.4, -0.2) is 4.57 Å². The average molecular weight is 955 g/mol. The molecule has 352 valence electrons. The number of hydrogen-bond acceptors (Lipinski definition) is 1. The van der Waals surface area contributed by atoms with Gasteiger partial charge in [-0.15, -0.1) is 0 Å². The van der Waals surface area contributed by atoms with Crippen molar-refractivity contribution in [1.82, 2.24) is 4.57 Å². The first-order chi connectivity index (χ1) is 37.2. The molecule has 0 amide bonds. The first-order valence-electron chi connectivity index (χ1n) is 25.9. The minimum absolute atomic E-state index is 0.435. The molecular weight excluding hydrogens is 905 g/mol. The van der Waals surface area contributed by atoms with E-state index in [1.807, 2.05) is 0 Å².